The van der Waals surface area contributed by atoms with Crippen LogP contribution in [0.3, 0.4) is 0 Å². The van der Waals surface area contributed by atoms with Gasteiger partial charge in [-0.05, 0) is 26.2 Å². The van der Waals surface area contributed by atoms with Crippen molar-refractivity contribution in [3.8, 4) is 0 Å². The Morgan fingerprint density at radius 2 is 2.21 bits per heavy atom. The van der Waals surface area contributed by atoms with Crippen LogP contribution in [0.15, 0.2) is 6.20 Å². The molecule has 0 aromatic carbocycles. The minimum Gasteiger partial charge on any atom is -0.465 e. The zero-order chi connectivity index (χ0) is 13.8. The zero-order valence-electron chi connectivity index (χ0n) is 11.5. The molecule has 6 heteroatoms. The van der Waals surface area contributed by atoms with Gasteiger partial charge in [-0.1, -0.05) is 0 Å². The summed E-state index contributed by atoms with van der Waals surface area (Å²) in [5.41, 5.74) is 0.369. The quantitative estimate of drug-likeness (QED) is 0.833. The first-order valence-electron chi connectivity index (χ1n) is 6.35. The van der Waals surface area contributed by atoms with Gasteiger partial charge >= 0.3 is 5.97 Å². The predicted molar refractivity (Wildman–Crippen MR) is 70.2 cm³/mol. The van der Waals surface area contributed by atoms with Gasteiger partial charge in [0.2, 0.25) is 0 Å². The lowest BCUT2D eigenvalue weighted by molar-refractivity contribution is 0.0601. The van der Waals surface area contributed by atoms with E-state index in [1.807, 2.05) is 0 Å². The smallest absolute Gasteiger partial charge is 0.343 e. The molecular formula is C13H19N3O3. The Kier molecular flexibility index (Phi) is 4.31. The summed E-state index contributed by atoms with van der Waals surface area (Å²) in [6, 6.07) is 0.266. The summed E-state index contributed by atoms with van der Waals surface area (Å²) in [6.45, 7) is 1.79. The molecule has 1 aromatic heterocycles. The summed E-state index contributed by atoms with van der Waals surface area (Å²) in [6.07, 6.45) is 4.72. The second-order valence-electron chi connectivity index (χ2n) is 4.68. The molecule has 19 heavy (non-hydrogen) atoms. The molecule has 1 N–H and O–H groups in total. The Morgan fingerprint density at radius 3 is 2.84 bits per heavy atom. The fraction of sp³-hybridized carbons (Fsp3) is 0.615. The molecule has 1 saturated carbocycles. The number of anilines is 1. The van der Waals surface area contributed by atoms with Crippen molar-refractivity contribution in [3.63, 3.8) is 0 Å². The number of carbonyl (C=O) groups is 1. The van der Waals surface area contributed by atoms with Gasteiger partial charge in [0.1, 0.15) is 17.2 Å². The average molecular weight is 265 g/mol. The number of rotatable bonds is 4. The van der Waals surface area contributed by atoms with Crippen molar-refractivity contribution in [2.24, 2.45) is 0 Å². The Bertz CT molecular complexity index is 464. The van der Waals surface area contributed by atoms with Crippen molar-refractivity contribution in [2.45, 2.75) is 38.3 Å². The molecule has 0 saturated heterocycles. The lowest BCUT2D eigenvalue weighted by Gasteiger charge is -2.15. The van der Waals surface area contributed by atoms with E-state index in [4.69, 9.17) is 9.47 Å². The summed E-state index contributed by atoms with van der Waals surface area (Å²) >= 11 is 0. The van der Waals surface area contributed by atoms with Gasteiger partial charge in [-0.15, -0.1) is 0 Å². The van der Waals surface area contributed by atoms with E-state index < -0.39 is 5.97 Å². The minimum atomic E-state index is -0.427. The summed E-state index contributed by atoms with van der Waals surface area (Å²) in [4.78, 5) is 20.0. The third-order valence-corrected chi connectivity index (χ3v) is 3.37. The van der Waals surface area contributed by atoms with Crippen molar-refractivity contribution in [2.75, 3.05) is 19.5 Å². The lowest BCUT2D eigenvalue weighted by atomic mass is 10.2. The molecule has 0 aliphatic heterocycles. The van der Waals surface area contributed by atoms with E-state index in [1.165, 1.54) is 13.3 Å². The molecule has 2 unspecified atom stereocenters. The molecule has 0 radical (unpaired) electrons. The maximum absolute atomic E-state index is 11.7. The first kappa shape index (κ1) is 13.7. The van der Waals surface area contributed by atoms with Crippen molar-refractivity contribution in [1.29, 1.82) is 0 Å². The van der Waals surface area contributed by atoms with E-state index in [2.05, 4.69) is 15.3 Å². The van der Waals surface area contributed by atoms with Gasteiger partial charge in [0.05, 0.1) is 13.2 Å². The summed E-state index contributed by atoms with van der Waals surface area (Å²) in [7, 11) is 3.07. The van der Waals surface area contributed by atoms with E-state index in [0.29, 0.717) is 17.2 Å². The van der Waals surface area contributed by atoms with Gasteiger partial charge in [-0.25, -0.2) is 14.8 Å². The van der Waals surface area contributed by atoms with Gasteiger partial charge in [0.25, 0.3) is 0 Å². The lowest BCUT2D eigenvalue weighted by Crippen LogP contribution is -2.21. The monoisotopic (exact) mass is 265 g/mol. The maximum atomic E-state index is 11.7. The molecule has 0 bridgehead atoms. The number of nitrogens with zero attached hydrogens (tertiary/aromatic N) is 2. The second kappa shape index (κ2) is 5.97. The number of ether oxygens (including phenoxy) is 2. The van der Waals surface area contributed by atoms with Crippen LogP contribution in [-0.4, -0.2) is 42.3 Å². The van der Waals surface area contributed by atoms with E-state index in [9.17, 15) is 4.79 Å². The first-order chi connectivity index (χ1) is 9.13. The molecule has 0 spiro atoms. The number of esters is 1. The zero-order valence-corrected chi connectivity index (χ0v) is 11.5. The van der Waals surface area contributed by atoms with Crippen molar-refractivity contribution < 1.29 is 14.3 Å². The first-order valence-corrected chi connectivity index (χ1v) is 6.35. The number of hydrogen-bond acceptors (Lipinski definition) is 6. The Morgan fingerprint density at radius 1 is 1.42 bits per heavy atom. The highest BCUT2D eigenvalue weighted by atomic mass is 16.5. The van der Waals surface area contributed by atoms with E-state index in [-0.39, 0.29) is 12.1 Å². The number of nitrogens with one attached hydrogen (secondary N) is 1. The number of hydrogen-bond donors (Lipinski definition) is 1. The molecule has 1 heterocycles. The highest BCUT2D eigenvalue weighted by molar-refractivity contribution is 5.94. The Labute approximate surface area is 112 Å². The van der Waals surface area contributed by atoms with Gasteiger partial charge in [-0.3, -0.25) is 0 Å². The van der Waals surface area contributed by atoms with Crippen LogP contribution in [0.25, 0.3) is 0 Å². The molecule has 0 amide bonds. The number of methoxy groups -OCH3 is 2. The average Bonchev–Trinajstić information content (AvgIpc) is 2.86. The van der Waals surface area contributed by atoms with Crippen molar-refractivity contribution >= 4 is 11.8 Å². The number of aromatic nitrogens is 2. The number of aryl methyl sites for hydroxylation is 1. The van der Waals surface area contributed by atoms with Crippen LogP contribution >= 0.6 is 0 Å². The van der Waals surface area contributed by atoms with Gasteiger partial charge < -0.3 is 14.8 Å². The molecule has 1 fully saturated rings. The van der Waals surface area contributed by atoms with Crippen LogP contribution in [0.5, 0.6) is 0 Å². The van der Waals surface area contributed by atoms with E-state index in [1.54, 1.807) is 14.0 Å². The molecule has 6 nitrogen and oxygen atoms in total. The topological polar surface area (TPSA) is 73.3 Å². The summed E-state index contributed by atoms with van der Waals surface area (Å²) in [5.74, 6) is 0.737. The molecule has 2 atom stereocenters. The predicted octanol–water partition coefficient (Wildman–Crippen LogP) is 1.55. The van der Waals surface area contributed by atoms with Gasteiger partial charge in [-0.2, -0.15) is 0 Å². The Hall–Kier alpha value is -1.69. The highest BCUT2D eigenvalue weighted by Crippen LogP contribution is 2.25. The third-order valence-electron chi connectivity index (χ3n) is 3.37. The third kappa shape index (κ3) is 3.20. The molecule has 1 aliphatic carbocycles. The minimum absolute atomic E-state index is 0.266. The van der Waals surface area contributed by atoms with E-state index >= 15 is 0 Å². The van der Waals surface area contributed by atoms with Crippen molar-refractivity contribution in [1.82, 2.24) is 9.97 Å². The molecular weight excluding hydrogens is 246 g/mol. The largest absolute Gasteiger partial charge is 0.465 e. The van der Waals surface area contributed by atoms with Crippen LogP contribution < -0.4 is 5.32 Å². The normalized spacial score (nSPS) is 22.3. The molecule has 1 aromatic rings. The fourth-order valence-corrected chi connectivity index (χ4v) is 2.32. The molecule has 2 rings (SSSR count). The van der Waals surface area contributed by atoms with Crippen LogP contribution in [0.4, 0.5) is 5.82 Å². The standard InChI is InChI=1S/C13H19N3O3/c1-8-14-7-11(13(17)19-3)12(15-8)16-9-4-5-10(6-9)18-2/h7,9-10H,4-6H2,1-3H3,(H,14,15,16). The SMILES string of the molecule is COC(=O)c1cnc(C)nc1NC1CCC(OC)C1. The second-order valence-corrected chi connectivity index (χ2v) is 4.68. The van der Waals surface area contributed by atoms with Gasteiger partial charge in [0.15, 0.2) is 0 Å². The maximum Gasteiger partial charge on any atom is 0.343 e. The van der Waals surface area contributed by atoms with Crippen LogP contribution in [0.1, 0.15) is 35.4 Å². The fourth-order valence-electron chi connectivity index (χ4n) is 2.32. The highest BCUT2D eigenvalue weighted by Gasteiger charge is 2.26. The van der Waals surface area contributed by atoms with Gasteiger partial charge in [0, 0.05) is 19.3 Å². The van der Waals surface area contributed by atoms with Crippen LogP contribution in [0, 0.1) is 6.92 Å². The Balaban J connectivity index is 2.14. The molecule has 104 valence electrons. The van der Waals surface area contributed by atoms with Crippen LogP contribution in [0.2, 0.25) is 0 Å². The summed E-state index contributed by atoms with van der Waals surface area (Å²) < 4.78 is 10.1. The van der Waals surface area contributed by atoms with E-state index in [0.717, 1.165) is 19.3 Å². The number of carbonyl (C=O) groups excluding carboxylic acids is 1. The molecule has 1 aliphatic rings. The van der Waals surface area contributed by atoms with Crippen LogP contribution in [-0.2, 0) is 9.47 Å². The summed E-state index contributed by atoms with van der Waals surface area (Å²) in [5, 5.41) is 3.30. The van der Waals surface area contributed by atoms with Crippen molar-refractivity contribution in [3.05, 3.63) is 17.6 Å².